The summed E-state index contributed by atoms with van der Waals surface area (Å²) in [4.78, 5) is 27.1. The molecule has 1 aromatic rings. The molecular weight excluding hydrogens is 318 g/mol. The molecule has 0 bridgehead atoms. The summed E-state index contributed by atoms with van der Waals surface area (Å²) >= 11 is 0. The van der Waals surface area contributed by atoms with Crippen molar-refractivity contribution in [1.82, 2.24) is 4.90 Å². The predicted octanol–water partition coefficient (Wildman–Crippen LogP) is 3.34. The maximum absolute atomic E-state index is 12.9. The van der Waals surface area contributed by atoms with Crippen LogP contribution >= 0.6 is 0 Å². The van der Waals surface area contributed by atoms with Crippen molar-refractivity contribution < 1.29 is 19.1 Å². The van der Waals surface area contributed by atoms with Crippen molar-refractivity contribution in [2.75, 3.05) is 19.7 Å². The topological polar surface area (TPSA) is 55.8 Å². The van der Waals surface area contributed by atoms with Gasteiger partial charge in [0, 0.05) is 6.54 Å². The number of benzene rings is 1. The molecule has 0 N–H and O–H groups in total. The molecule has 0 saturated carbocycles. The molecule has 0 aromatic heterocycles. The number of hydrogen-bond acceptors (Lipinski definition) is 5. The van der Waals surface area contributed by atoms with Gasteiger partial charge in [-0.05, 0) is 52.6 Å². The first-order valence-electron chi connectivity index (χ1n) is 9.00. The van der Waals surface area contributed by atoms with Gasteiger partial charge in [-0.1, -0.05) is 30.3 Å². The molecule has 1 aliphatic rings. The molecule has 2 unspecified atom stereocenters. The van der Waals surface area contributed by atoms with Crippen molar-refractivity contribution in [1.29, 1.82) is 0 Å². The van der Waals surface area contributed by atoms with E-state index in [4.69, 9.17) is 9.47 Å². The molecule has 25 heavy (non-hydrogen) atoms. The van der Waals surface area contributed by atoms with E-state index in [0.29, 0.717) is 13.2 Å². The molecule has 1 heterocycles. The lowest BCUT2D eigenvalue weighted by Gasteiger charge is -2.37. The SMILES string of the molecule is CCOC(=O)C1CCCN(C(C(=O)OC(C)(C)C)c2ccccc2)C1. The van der Waals surface area contributed by atoms with E-state index in [0.717, 1.165) is 24.9 Å². The summed E-state index contributed by atoms with van der Waals surface area (Å²) in [5.41, 5.74) is 0.335. The molecule has 0 spiro atoms. The van der Waals surface area contributed by atoms with Crippen molar-refractivity contribution in [3.8, 4) is 0 Å². The highest BCUT2D eigenvalue weighted by molar-refractivity contribution is 5.78. The third-order valence-corrected chi connectivity index (χ3v) is 4.18. The fourth-order valence-electron chi connectivity index (χ4n) is 3.18. The molecule has 5 heteroatoms. The first-order valence-corrected chi connectivity index (χ1v) is 9.00. The van der Waals surface area contributed by atoms with Crippen LogP contribution in [0.3, 0.4) is 0 Å². The summed E-state index contributed by atoms with van der Waals surface area (Å²) in [7, 11) is 0. The van der Waals surface area contributed by atoms with Crippen LogP contribution in [0, 0.1) is 5.92 Å². The second kappa shape index (κ2) is 8.48. The average Bonchev–Trinajstić information content (AvgIpc) is 2.55. The largest absolute Gasteiger partial charge is 0.466 e. The van der Waals surface area contributed by atoms with Gasteiger partial charge in [0.25, 0.3) is 0 Å². The van der Waals surface area contributed by atoms with Gasteiger partial charge in [-0.2, -0.15) is 0 Å². The van der Waals surface area contributed by atoms with Crippen LogP contribution in [0.15, 0.2) is 30.3 Å². The summed E-state index contributed by atoms with van der Waals surface area (Å²) in [5.74, 6) is -0.645. The van der Waals surface area contributed by atoms with Crippen molar-refractivity contribution in [3.05, 3.63) is 35.9 Å². The number of nitrogens with zero attached hydrogens (tertiary/aromatic N) is 1. The van der Waals surface area contributed by atoms with Gasteiger partial charge in [-0.25, -0.2) is 4.79 Å². The number of rotatable bonds is 5. The lowest BCUT2D eigenvalue weighted by atomic mass is 9.94. The Morgan fingerprint density at radius 1 is 1.24 bits per heavy atom. The van der Waals surface area contributed by atoms with Crippen LogP contribution in [0.25, 0.3) is 0 Å². The fourth-order valence-corrected chi connectivity index (χ4v) is 3.18. The third-order valence-electron chi connectivity index (χ3n) is 4.18. The number of carbonyl (C=O) groups is 2. The minimum atomic E-state index is -0.555. The van der Waals surface area contributed by atoms with Gasteiger partial charge in [0.05, 0.1) is 12.5 Å². The monoisotopic (exact) mass is 347 g/mol. The van der Waals surface area contributed by atoms with Gasteiger partial charge in [0.1, 0.15) is 11.6 Å². The number of hydrogen-bond donors (Lipinski definition) is 0. The smallest absolute Gasteiger partial charge is 0.328 e. The van der Waals surface area contributed by atoms with Gasteiger partial charge in [0.15, 0.2) is 0 Å². The van der Waals surface area contributed by atoms with Gasteiger partial charge in [-0.15, -0.1) is 0 Å². The molecule has 1 aromatic carbocycles. The molecule has 1 aliphatic heterocycles. The molecule has 0 radical (unpaired) electrons. The number of ether oxygens (including phenoxy) is 2. The molecule has 2 rings (SSSR count). The highest BCUT2D eigenvalue weighted by Gasteiger charge is 2.36. The zero-order valence-electron chi connectivity index (χ0n) is 15.7. The lowest BCUT2D eigenvalue weighted by molar-refractivity contribution is -0.164. The van der Waals surface area contributed by atoms with Crippen LogP contribution in [-0.4, -0.2) is 42.1 Å². The lowest BCUT2D eigenvalue weighted by Crippen LogP contribution is -2.45. The second-order valence-electron chi connectivity index (χ2n) is 7.43. The van der Waals surface area contributed by atoms with Gasteiger partial charge >= 0.3 is 11.9 Å². The molecule has 1 fully saturated rings. The fraction of sp³-hybridized carbons (Fsp3) is 0.600. The Morgan fingerprint density at radius 3 is 2.52 bits per heavy atom. The molecule has 5 nitrogen and oxygen atoms in total. The van der Waals surface area contributed by atoms with Gasteiger partial charge < -0.3 is 9.47 Å². The number of likely N-dealkylation sites (tertiary alicyclic amines) is 1. The van der Waals surface area contributed by atoms with E-state index in [1.54, 1.807) is 0 Å². The van der Waals surface area contributed by atoms with Crippen LogP contribution < -0.4 is 0 Å². The summed E-state index contributed by atoms with van der Waals surface area (Å²) in [6.45, 7) is 9.06. The maximum Gasteiger partial charge on any atom is 0.328 e. The Hall–Kier alpha value is -1.88. The quantitative estimate of drug-likeness (QED) is 0.765. The minimum Gasteiger partial charge on any atom is -0.466 e. The molecule has 2 atom stereocenters. The maximum atomic E-state index is 12.9. The highest BCUT2D eigenvalue weighted by atomic mass is 16.6. The van der Waals surface area contributed by atoms with E-state index < -0.39 is 11.6 Å². The van der Waals surface area contributed by atoms with E-state index >= 15 is 0 Å². The molecule has 138 valence electrons. The average molecular weight is 347 g/mol. The highest BCUT2D eigenvalue weighted by Crippen LogP contribution is 2.30. The Morgan fingerprint density at radius 2 is 1.92 bits per heavy atom. The molecule has 1 saturated heterocycles. The van der Waals surface area contributed by atoms with Crippen LogP contribution in [-0.2, 0) is 19.1 Å². The Kier molecular flexibility index (Phi) is 6.59. The van der Waals surface area contributed by atoms with E-state index in [9.17, 15) is 9.59 Å². The van der Waals surface area contributed by atoms with Crippen LogP contribution in [0.1, 0.15) is 52.1 Å². The summed E-state index contributed by atoms with van der Waals surface area (Å²) in [6, 6.07) is 9.12. The van der Waals surface area contributed by atoms with Crippen LogP contribution in [0.5, 0.6) is 0 Å². The minimum absolute atomic E-state index is 0.178. The first-order chi connectivity index (χ1) is 11.8. The van der Waals surface area contributed by atoms with Crippen LogP contribution in [0.4, 0.5) is 0 Å². The van der Waals surface area contributed by atoms with Gasteiger partial charge in [0.2, 0.25) is 0 Å². The Labute approximate surface area is 150 Å². The predicted molar refractivity (Wildman–Crippen MR) is 96.0 cm³/mol. The number of piperidine rings is 1. The first kappa shape index (κ1) is 19.4. The van der Waals surface area contributed by atoms with E-state index in [-0.39, 0.29) is 17.9 Å². The second-order valence-corrected chi connectivity index (χ2v) is 7.43. The normalized spacial score (nSPS) is 19.9. The third kappa shape index (κ3) is 5.56. The van der Waals surface area contributed by atoms with Gasteiger partial charge in [-0.3, -0.25) is 9.69 Å². The Bertz CT molecular complexity index is 579. The standard InChI is InChI=1S/C20H29NO4/c1-5-24-18(22)16-12-9-13-21(14-16)17(15-10-7-6-8-11-15)19(23)25-20(2,3)4/h6-8,10-11,16-17H,5,9,12-14H2,1-4H3. The van der Waals surface area contributed by atoms with Crippen LogP contribution in [0.2, 0.25) is 0 Å². The molecule has 0 aliphatic carbocycles. The number of esters is 2. The van der Waals surface area contributed by atoms with E-state index in [2.05, 4.69) is 4.90 Å². The Balaban J connectivity index is 2.22. The van der Waals surface area contributed by atoms with Crippen molar-refractivity contribution in [2.24, 2.45) is 5.92 Å². The van der Waals surface area contributed by atoms with Crippen molar-refractivity contribution in [2.45, 2.75) is 52.2 Å². The zero-order valence-corrected chi connectivity index (χ0v) is 15.7. The van der Waals surface area contributed by atoms with E-state index in [1.165, 1.54) is 0 Å². The zero-order chi connectivity index (χ0) is 18.4. The van der Waals surface area contributed by atoms with Crippen molar-refractivity contribution in [3.63, 3.8) is 0 Å². The summed E-state index contributed by atoms with van der Waals surface area (Å²) < 4.78 is 10.8. The molecular formula is C20H29NO4. The molecule has 0 amide bonds. The summed E-state index contributed by atoms with van der Waals surface area (Å²) in [5, 5.41) is 0. The van der Waals surface area contributed by atoms with E-state index in [1.807, 2.05) is 58.0 Å². The van der Waals surface area contributed by atoms with Crippen molar-refractivity contribution >= 4 is 11.9 Å². The number of carbonyl (C=O) groups excluding carboxylic acids is 2. The summed E-state index contributed by atoms with van der Waals surface area (Å²) in [6.07, 6.45) is 1.65.